The Morgan fingerprint density at radius 3 is 2.57 bits per heavy atom. The zero-order chi connectivity index (χ0) is 10.7. The van der Waals surface area contributed by atoms with Crippen molar-refractivity contribution in [3.63, 3.8) is 0 Å². The van der Waals surface area contributed by atoms with Crippen molar-refractivity contribution in [2.45, 2.75) is 38.7 Å². The Kier molecular flexibility index (Phi) is 4.41. The molecule has 1 aliphatic rings. The third kappa shape index (κ3) is 2.31. The third-order valence-electron chi connectivity index (χ3n) is 3.30. The first-order valence-corrected chi connectivity index (χ1v) is 6.39. The van der Waals surface area contributed by atoms with Gasteiger partial charge in [-0.15, -0.1) is 0 Å². The molecule has 1 unspecified atom stereocenters. The average Bonchev–Trinajstić information content (AvgIpc) is 2.19. The number of ether oxygens (including phenoxy) is 2. The normalized spacial score (nSPS) is 29.1. The maximum atomic E-state index is 6.01. The molecule has 1 fully saturated rings. The van der Waals surface area contributed by atoms with Gasteiger partial charge in [-0.05, 0) is 19.3 Å². The molecule has 0 aromatic rings. The Morgan fingerprint density at radius 1 is 1.43 bits per heavy atom. The van der Waals surface area contributed by atoms with E-state index in [1.54, 1.807) is 7.11 Å². The second-order valence-electron chi connectivity index (χ2n) is 4.75. The lowest BCUT2D eigenvalue weighted by Crippen LogP contribution is -2.53. The molecule has 0 aliphatic carbocycles. The summed E-state index contributed by atoms with van der Waals surface area (Å²) in [5, 5.41) is 0.948. The standard InChI is InChI=1S/C11H21BrO2/c1-10(2,8-12)11(9-13-3)6-4-5-7-14-11/h4-9H2,1-3H3. The highest BCUT2D eigenvalue weighted by Gasteiger charge is 2.46. The van der Waals surface area contributed by atoms with E-state index in [0.717, 1.165) is 18.4 Å². The Labute approximate surface area is 95.5 Å². The zero-order valence-corrected chi connectivity index (χ0v) is 11.0. The molecule has 1 heterocycles. The molecule has 0 aromatic carbocycles. The minimum atomic E-state index is -0.0938. The minimum Gasteiger partial charge on any atom is -0.382 e. The summed E-state index contributed by atoms with van der Waals surface area (Å²) in [5.41, 5.74) is 0.0347. The van der Waals surface area contributed by atoms with Crippen LogP contribution in [0.25, 0.3) is 0 Å². The number of rotatable bonds is 4. The van der Waals surface area contributed by atoms with Crippen LogP contribution < -0.4 is 0 Å². The molecule has 14 heavy (non-hydrogen) atoms. The van der Waals surface area contributed by atoms with Crippen molar-refractivity contribution >= 4 is 15.9 Å². The van der Waals surface area contributed by atoms with Crippen LogP contribution in [0.5, 0.6) is 0 Å². The monoisotopic (exact) mass is 264 g/mol. The van der Waals surface area contributed by atoms with Gasteiger partial charge in [0.1, 0.15) is 0 Å². The van der Waals surface area contributed by atoms with Gasteiger partial charge in [-0.2, -0.15) is 0 Å². The highest BCUT2D eigenvalue weighted by molar-refractivity contribution is 9.09. The molecule has 1 atom stereocenters. The predicted octanol–water partition coefficient (Wildman–Crippen LogP) is 2.99. The van der Waals surface area contributed by atoms with Crippen molar-refractivity contribution in [1.82, 2.24) is 0 Å². The van der Waals surface area contributed by atoms with Crippen LogP contribution in [0.2, 0.25) is 0 Å². The summed E-state index contributed by atoms with van der Waals surface area (Å²) in [7, 11) is 1.75. The molecule has 0 amide bonds. The lowest BCUT2D eigenvalue weighted by Gasteiger charge is -2.47. The van der Waals surface area contributed by atoms with Gasteiger partial charge in [0.25, 0.3) is 0 Å². The second-order valence-corrected chi connectivity index (χ2v) is 5.31. The molecule has 0 bridgehead atoms. The van der Waals surface area contributed by atoms with Crippen LogP contribution in [0.4, 0.5) is 0 Å². The summed E-state index contributed by atoms with van der Waals surface area (Å²) in [6, 6.07) is 0. The Bertz CT molecular complexity index is 169. The van der Waals surface area contributed by atoms with Gasteiger partial charge in [-0.3, -0.25) is 0 Å². The quantitative estimate of drug-likeness (QED) is 0.727. The molecular formula is C11H21BrO2. The van der Waals surface area contributed by atoms with Crippen molar-refractivity contribution in [1.29, 1.82) is 0 Å². The molecule has 1 saturated heterocycles. The highest BCUT2D eigenvalue weighted by Crippen LogP contribution is 2.42. The van der Waals surface area contributed by atoms with Crippen LogP contribution in [0.15, 0.2) is 0 Å². The maximum absolute atomic E-state index is 6.01. The van der Waals surface area contributed by atoms with Gasteiger partial charge in [0.15, 0.2) is 0 Å². The predicted molar refractivity (Wildman–Crippen MR) is 62.0 cm³/mol. The fraction of sp³-hybridized carbons (Fsp3) is 1.00. The fourth-order valence-corrected chi connectivity index (χ4v) is 2.56. The SMILES string of the molecule is COCC1(C(C)(C)CBr)CCCCO1. The number of alkyl halides is 1. The Hall–Kier alpha value is 0.400. The zero-order valence-electron chi connectivity index (χ0n) is 9.44. The molecular weight excluding hydrogens is 244 g/mol. The van der Waals surface area contributed by atoms with Crippen molar-refractivity contribution in [2.75, 3.05) is 25.7 Å². The van der Waals surface area contributed by atoms with E-state index in [0.29, 0.717) is 6.61 Å². The largest absolute Gasteiger partial charge is 0.382 e. The Balaban J connectivity index is 2.78. The van der Waals surface area contributed by atoms with E-state index < -0.39 is 0 Å². The van der Waals surface area contributed by atoms with E-state index in [1.165, 1.54) is 12.8 Å². The second kappa shape index (κ2) is 4.95. The molecule has 3 heteroatoms. The summed E-state index contributed by atoms with van der Waals surface area (Å²) in [6.45, 7) is 6.06. The van der Waals surface area contributed by atoms with Gasteiger partial charge in [0, 0.05) is 24.5 Å². The van der Waals surface area contributed by atoms with Crippen molar-refractivity contribution in [2.24, 2.45) is 5.41 Å². The summed E-state index contributed by atoms with van der Waals surface area (Å²) in [5.74, 6) is 0. The lowest BCUT2D eigenvalue weighted by molar-refractivity contribution is -0.170. The van der Waals surface area contributed by atoms with Crippen LogP contribution in [-0.4, -0.2) is 31.3 Å². The van der Waals surface area contributed by atoms with Gasteiger partial charge in [0.2, 0.25) is 0 Å². The molecule has 0 saturated carbocycles. The molecule has 0 radical (unpaired) electrons. The van der Waals surface area contributed by atoms with Crippen LogP contribution in [0.1, 0.15) is 33.1 Å². The Morgan fingerprint density at radius 2 is 2.14 bits per heavy atom. The van der Waals surface area contributed by atoms with Crippen molar-refractivity contribution in [3.8, 4) is 0 Å². The molecule has 0 spiro atoms. The van der Waals surface area contributed by atoms with Gasteiger partial charge in [-0.25, -0.2) is 0 Å². The van der Waals surface area contributed by atoms with Crippen LogP contribution >= 0.6 is 15.9 Å². The molecule has 0 aromatic heterocycles. The molecule has 1 rings (SSSR count). The smallest absolute Gasteiger partial charge is 0.0973 e. The van der Waals surface area contributed by atoms with Crippen LogP contribution in [0.3, 0.4) is 0 Å². The third-order valence-corrected chi connectivity index (χ3v) is 4.70. The summed E-state index contributed by atoms with van der Waals surface area (Å²) in [4.78, 5) is 0. The molecule has 2 nitrogen and oxygen atoms in total. The number of hydrogen-bond acceptors (Lipinski definition) is 2. The van der Waals surface area contributed by atoms with E-state index in [9.17, 15) is 0 Å². The van der Waals surface area contributed by atoms with E-state index in [4.69, 9.17) is 9.47 Å². The van der Waals surface area contributed by atoms with Gasteiger partial charge < -0.3 is 9.47 Å². The average molecular weight is 265 g/mol. The van der Waals surface area contributed by atoms with Crippen LogP contribution in [0, 0.1) is 5.41 Å². The van der Waals surface area contributed by atoms with Gasteiger partial charge in [0.05, 0.1) is 12.2 Å². The molecule has 84 valence electrons. The first-order valence-electron chi connectivity index (χ1n) is 5.27. The first kappa shape index (κ1) is 12.5. The van der Waals surface area contributed by atoms with E-state index in [1.807, 2.05) is 0 Å². The topological polar surface area (TPSA) is 18.5 Å². The van der Waals surface area contributed by atoms with Gasteiger partial charge >= 0.3 is 0 Å². The highest BCUT2D eigenvalue weighted by atomic mass is 79.9. The van der Waals surface area contributed by atoms with E-state index in [2.05, 4.69) is 29.8 Å². The summed E-state index contributed by atoms with van der Waals surface area (Å²) >= 11 is 3.58. The summed E-state index contributed by atoms with van der Waals surface area (Å²) in [6.07, 6.45) is 3.54. The van der Waals surface area contributed by atoms with Crippen LogP contribution in [-0.2, 0) is 9.47 Å². The first-order chi connectivity index (χ1) is 6.58. The van der Waals surface area contributed by atoms with Crippen molar-refractivity contribution in [3.05, 3.63) is 0 Å². The molecule has 0 N–H and O–H groups in total. The van der Waals surface area contributed by atoms with Gasteiger partial charge in [-0.1, -0.05) is 29.8 Å². The maximum Gasteiger partial charge on any atom is 0.0973 e. The fourth-order valence-electron chi connectivity index (χ4n) is 2.05. The summed E-state index contributed by atoms with van der Waals surface area (Å²) < 4.78 is 11.3. The lowest BCUT2D eigenvalue weighted by atomic mass is 9.72. The number of methoxy groups -OCH3 is 1. The minimum absolute atomic E-state index is 0.0938. The van der Waals surface area contributed by atoms with Crippen molar-refractivity contribution < 1.29 is 9.47 Å². The number of halogens is 1. The van der Waals surface area contributed by atoms with E-state index in [-0.39, 0.29) is 11.0 Å². The number of hydrogen-bond donors (Lipinski definition) is 0. The molecule has 1 aliphatic heterocycles. The van der Waals surface area contributed by atoms with E-state index >= 15 is 0 Å².